The predicted molar refractivity (Wildman–Crippen MR) is 427 cm³/mol. The summed E-state index contributed by atoms with van der Waals surface area (Å²) in [5.41, 5.74) is 0. The molecule has 0 aliphatic heterocycles. The Hall–Kier alpha value is -5.06. The molecular weight excluding hydrogens is 1350 g/mol. The van der Waals surface area contributed by atoms with Gasteiger partial charge in [0, 0.05) is 25.7 Å². The number of esters is 4. The van der Waals surface area contributed by atoms with E-state index in [1.54, 1.807) is 0 Å². The van der Waals surface area contributed by atoms with Crippen LogP contribution in [0.4, 0.5) is 0 Å². The van der Waals surface area contributed by atoms with Gasteiger partial charge in [-0.1, -0.05) is 263 Å². The number of aliphatic hydroxyl groups is 1. The Bertz CT molecular complexity index is 2540. The van der Waals surface area contributed by atoms with E-state index in [4.69, 9.17) is 37.0 Å². The Morgan fingerprint density at radius 1 is 0.279 bits per heavy atom. The van der Waals surface area contributed by atoms with Gasteiger partial charge in [0.05, 0.1) is 26.4 Å². The van der Waals surface area contributed by atoms with Gasteiger partial charge in [0.25, 0.3) is 0 Å². The lowest BCUT2D eigenvalue weighted by Gasteiger charge is -2.21. The standard InChI is InChI=1S/C85H142O17P2/c1-5-9-13-17-21-25-29-33-36-38-39-41-44-47-50-54-58-62-66-70-83(88)95-75-80(101-84(89)71-67-63-59-55-51-45-32-28-24-20-16-12-8-4)77-99-103(91,92)97-73-79(86)74-98-104(93,94)100-78-81(102-85(90)72-68-64-60-56-52-48-42-35-31-27-23-19-15-11-7-3)76-96-82(87)69-65-61-57-53-49-46-43-40-37-34-30-26-22-18-14-10-6-2/h10-11,14-15,21-23,25-28,32-37,39,41-43,46,52,56,79-81,86H,5-9,12-13,16-20,24,29-31,38,40,44-45,47-51,53-55,57-78H2,1-4H3,(H,91,92)(H,93,94)/b14-10-,15-11-,25-21-,26-22-,27-23-,32-28-,36-33-,37-34-,41-39-,42-35-,46-43-,56-52-. The summed E-state index contributed by atoms with van der Waals surface area (Å²) >= 11 is 0. The van der Waals surface area contributed by atoms with E-state index in [1.165, 1.54) is 44.9 Å². The van der Waals surface area contributed by atoms with E-state index in [-0.39, 0.29) is 25.7 Å². The van der Waals surface area contributed by atoms with Gasteiger partial charge in [0.2, 0.25) is 0 Å². The maximum absolute atomic E-state index is 13.1. The number of aliphatic hydroxyl groups excluding tert-OH is 1. The van der Waals surface area contributed by atoms with Crippen LogP contribution in [0.25, 0.3) is 0 Å². The first kappa shape index (κ1) is 98.9. The first-order valence-corrected chi connectivity index (χ1v) is 43.1. The quantitative estimate of drug-likeness (QED) is 0.0169. The molecule has 0 spiro atoms. The van der Waals surface area contributed by atoms with E-state index in [1.807, 2.05) is 0 Å². The van der Waals surface area contributed by atoms with E-state index in [0.29, 0.717) is 32.1 Å². The third kappa shape index (κ3) is 75.2. The summed E-state index contributed by atoms with van der Waals surface area (Å²) in [5, 5.41) is 10.6. The third-order valence-electron chi connectivity index (χ3n) is 16.3. The molecule has 19 heteroatoms. The second kappa shape index (κ2) is 76.1. The molecule has 0 fully saturated rings. The molecule has 594 valence electrons. The number of ether oxygens (including phenoxy) is 4. The monoisotopic (exact) mass is 1500 g/mol. The molecule has 0 aromatic carbocycles. The number of carbonyl (C=O) groups excluding carboxylic acids is 4. The number of phosphoric ester groups is 2. The summed E-state index contributed by atoms with van der Waals surface area (Å²) in [5.74, 6) is -2.28. The summed E-state index contributed by atoms with van der Waals surface area (Å²) in [6.07, 6.45) is 86.8. The molecule has 0 aromatic heterocycles. The van der Waals surface area contributed by atoms with Crippen LogP contribution in [0.1, 0.15) is 310 Å². The van der Waals surface area contributed by atoms with Crippen molar-refractivity contribution < 1.29 is 80.2 Å². The second-order valence-electron chi connectivity index (χ2n) is 26.2. The van der Waals surface area contributed by atoms with Gasteiger partial charge in [-0.05, 0) is 167 Å². The highest BCUT2D eigenvalue weighted by molar-refractivity contribution is 7.47. The molecule has 0 heterocycles. The van der Waals surface area contributed by atoms with E-state index in [9.17, 15) is 43.2 Å². The molecule has 5 atom stereocenters. The molecule has 0 aliphatic carbocycles. The molecule has 17 nitrogen and oxygen atoms in total. The number of hydrogen-bond acceptors (Lipinski definition) is 15. The van der Waals surface area contributed by atoms with Gasteiger partial charge in [-0.25, -0.2) is 9.13 Å². The Labute approximate surface area is 630 Å². The predicted octanol–water partition coefficient (Wildman–Crippen LogP) is 23.4. The Kier molecular flexibility index (Phi) is 72.4. The van der Waals surface area contributed by atoms with Gasteiger partial charge < -0.3 is 33.8 Å². The zero-order valence-electron chi connectivity index (χ0n) is 64.9. The lowest BCUT2D eigenvalue weighted by molar-refractivity contribution is -0.161. The van der Waals surface area contributed by atoms with Crippen molar-refractivity contribution in [2.45, 2.75) is 329 Å². The van der Waals surface area contributed by atoms with Crippen LogP contribution in [0, 0.1) is 0 Å². The average Bonchev–Trinajstić information content (AvgIpc) is 0.939. The SMILES string of the molecule is CC/C=C\C/C=C\C/C=C\C/C=C\CCCCCCC(=O)OCC(COP(=O)(O)OCC(O)COP(=O)(O)OCC(COC(=O)CCCCCCCC/C=C\C/C=C\C/C=C\CCCCC)OC(=O)CCCCCCC/C=C\CCCCCC)OC(=O)CCCC/C=C\C/C=C\C/C=C\C/C=C\CC. The molecule has 0 saturated carbocycles. The van der Waals surface area contributed by atoms with Crippen LogP contribution in [0.5, 0.6) is 0 Å². The van der Waals surface area contributed by atoms with Crippen molar-refractivity contribution in [2.75, 3.05) is 39.6 Å². The van der Waals surface area contributed by atoms with Gasteiger partial charge in [0.15, 0.2) is 12.2 Å². The van der Waals surface area contributed by atoms with Crippen LogP contribution < -0.4 is 0 Å². The first-order chi connectivity index (χ1) is 50.7. The normalized spacial score (nSPS) is 14.6. The van der Waals surface area contributed by atoms with Crippen LogP contribution in [0.15, 0.2) is 146 Å². The van der Waals surface area contributed by atoms with Gasteiger partial charge >= 0.3 is 39.5 Å². The number of allylic oxidation sites excluding steroid dienone is 24. The molecule has 104 heavy (non-hydrogen) atoms. The lowest BCUT2D eigenvalue weighted by Crippen LogP contribution is -2.30. The number of rotatable bonds is 74. The summed E-state index contributed by atoms with van der Waals surface area (Å²) < 4.78 is 68.5. The molecule has 0 amide bonds. The molecule has 0 bridgehead atoms. The van der Waals surface area contributed by atoms with E-state index in [0.717, 1.165) is 180 Å². The van der Waals surface area contributed by atoms with Crippen molar-refractivity contribution in [3.8, 4) is 0 Å². The molecule has 0 aromatic rings. The van der Waals surface area contributed by atoms with Gasteiger partial charge in [-0.2, -0.15) is 0 Å². The summed E-state index contributed by atoms with van der Waals surface area (Å²) in [7, 11) is -9.99. The van der Waals surface area contributed by atoms with Crippen LogP contribution in [0.2, 0.25) is 0 Å². The van der Waals surface area contributed by atoms with Crippen LogP contribution >= 0.6 is 15.6 Å². The van der Waals surface area contributed by atoms with E-state index >= 15 is 0 Å². The van der Waals surface area contributed by atoms with Crippen molar-refractivity contribution >= 4 is 39.5 Å². The zero-order valence-corrected chi connectivity index (χ0v) is 66.7. The Morgan fingerprint density at radius 2 is 0.500 bits per heavy atom. The van der Waals surface area contributed by atoms with Gasteiger partial charge in [0.1, 0.15) is 19.3 Å². The minimum atomic E-state index is -5.00. The summed E-state index contributed by atoms with van der Waals surface area (Å²) in [6.45, 7) is 4.51. The van der Waals surface area contributed by atoms with Crippen LogP contribution in [-0.4, -0.2) is 96.7 Å². The van der Waals surface area contributed by atoms with E-state index in [2.05, 4.69) is 174 Å². The number of unbranched alkanes of at least 4 members (excludes halogenated alkanes) is 24. The number of phosphoric acid groups is 2. The largest absolute Gasteiger partial charge is 0.472 e. The van der Waals surface area contributed by atoms with E-state index < -0.39 is 97.5 Å². The van der Waals surface area contributed by atoms with Crippen LogP contribution in [-0.2, 0) is 65.4 Å². The minimum Gasteiger partial charge on any atom is -0.462 e. The molecule has 0 radical (unpaired) electrons. The fourth-order valence-corrected chi connectivity index (χ4v) is 11.8. The number of hydrogen-bond donors (Lipinski definition) is 3. The third-order valence-corrected chi connectivity index (χ3v) is 18.2. The maximum atomic E-state index is 13.1. The molecule has 0 rings (SSSR count). The maximum Gasteiger partial charge on any atom is 0.472 e. The van der Waals surface area contributed by atoms with Crippen molar-refractivity contribution in [2.24, 2.45) is 0 Å². The minimum absolute atomic E-state index is 0.0325. The average molecular weight is 1500 g/mol. The smallest absolute Gasteiger partial charge is 0.462 e. The molecule has 5 unspecified atom stereocenters. The van der Waals surface area contributed by atoms with Crippen LogP contribution in [0.3, 0.4) is 0 Å². The topological polar surface area (TPSA) is 237 Å². The highest BCUT2D eigenvalue weighted by Crippen LogP contribution is 2.45. The zero-order chi connectivity index (χ0) is 76.0. The number of carbonyl (C=O) groups is 4. The van der Waals surface area contributed by atoms with Crippen molar-refractivity contribution in [3.63, 3.8) is 0 Å². The second-order valence-corrected chi connectivity index (χ2v) is 29.1. The van der Waals surface area contributed by atoms with Crippen molar-refractivity contribution in [1.82, 2.24) is 0 Å². The molecule has 0 aliphatic rings. The Balaban J connectivity index is 5.42. The fraction of sp³-hybridized carbons (Fsp3) is 0.671. The summed E-state index contributed by atoms with van der Waals surface area (Å²) in [4.78, 5) is 73.0. The fourth-order valence-electron chi connectivity index (χ4n) is 10.2. The lowest BCUT2D eigenvalue weighted by atomic mass is 10.1. The summed E-state index contributed by atoms with van der Waals surface area (Å²) in [6, 6.07) is 0. The van der Waals surface area contributed by atoms with Gasteiger partial charge in [-0.3, -0.25) is 37.3 Å². The van der Waals surface area contributed by atoms with Gasteiger partial charge in [-0.15, -0.1) is 0 Å². The highest BCUT2D eigenvalue weighted by Gasteiger charge is 2.30. The molecule has 0 saturated heterocycles. The first-order valence-electron chi connectivity index (χ1n) is 40.1. The molecule has 3 N–H and O–H groups in total. The van der Waals surface area contributed by atoms with Crippen molar-refractivity contribution in [1.29, 1.82) is 0 Å². The molecular formula is C85H142O17P2. The van der Waals surface area contributed by atoms with Crippen molar-refractivity contribution in [3.05, 3.63) is 146 Å². The highest BCUT2D eigenvalue weighted by atomic mass is 31.2. The Morgan fingerprint density at radius 3 is 0.817 bits per heavy atom.